The Hall–Kier alpha value is -2.38. The number of carbonyl (C=O) groups is 1. The van der Waals surface area contributed by atoms with Crippen molar-refractivity contribution in [2.75, 3.05) is 14.1 Å². The molecule has 0 spiro atoms. The van der Waals surface area contributed by atoms with Gasteiger partial charge in [-0.25, -0.2) is 17.5 Å². The molecule has 0 heterocycles. The standard InChI is InChI=1S/C20H25N3O3S/c1-23(2)27(25,26)18-11-7-6-10-17(18)14-21-20(24)22-19(16-12-13-16)15-8-4-3-5-9-15/h3-11,16,19H,12-14H2,1-2H3,(H2,21,22,24)/t19-/m0/s1. The third-order valence-corrected chi connectivity index (χ3v) is 6.62. The first-order chi connectivity index (χ1) is 12.9. The van der Waals surface area contributed by atoms with Crippen LogP contribution in [0.4, 0.5) is 4.79 Å². The van der Waals surface area contributed by atoms with E-state index in [9.17, 15) is 13.2 Å². The molecule has 0 saturated heterocycles. The van der Waals surface area contributed by atoms with E-state index in [1.165, 1.54) is 18.4 Å². The first kappa shape index (κ1) is 19.4. The summed E-state index contributed by atoms with van der Waals surface area (Å²) in [5.74, 6) is 0.458. The van der Waals surface area contributed by atoms with E-state index in [0.29, 0.717) is 11.5 Å². The second kappa shape index (κ2) is 8.10. The van der Waals surface area contributed by atoms with Crippen LogP contribution >= 0.6 is 0 Å². The summed E-state index contributed by atoms with van der Waals surface area (Å²) in [5.41, 5.74) is 1.65. The summed E-state index contributed by atoms with van der Waals surface area (Å²) in [5, 5.41) is 5.84. The van der Waals surface area contributed by atoms with Crippen molar-refractivity contribution < 1.29 is 13.2 Å². The smallest absolute Gasteiger partial charge is 0.315 e. The van der Waals surface area contributed by atoms with Gasteiger partial charge in [0.1, 0.15) is 0 Å². The van der Waals surface area contributed by atoms with E-state index in [1.54, 1.807) is 24.3 Å². The van der Waals surface area contributed by atoms with Gasteiger partial charge in [0.15, 0.2) is 0 Å². The highest BCUT2D eigenvalue weighted by Gasteiger charge is 2.33. The molecule has 1 fully saturated rings. The zero-order valence-electron chi connectivity index (χ0n) is 15.6. The Bertz CT molecular complexity index is 894. The number of nitrogens with one attached hydrogen (secondary N) is 2. The summed E-state index contributed by atoms with van der Waals surface area (Å²) in [6, 6.07) is 16.3. The fourth-order valence-electron chi connectivity index (χ4n) is 3.03. The van der Waals surface area contributed by atoms with Crippen molar-refractivity contribution in [3.8, 4) is 0 Å². The Morgan fingerprint density at radius 3 is 2.33 bits per heavy atom. The van der Waals surface area contributed by atoms with Crippen LogP contribution in [-0.2, 0) is 16.6 Å². The number of sulfonamides is 1. The Balaban J connectivity index is 1.68. The van der Waals surface area contributed by atoms with E-state index < -0.39 is 10.0 Å². The zero-order chi connectivity index (χ0) is 19.4. The fourth-order valence-corrected chi connectivity index (χ4v) is 4.14. The number of rotatable bonds is 7. The summed E-state index contributed by atoms with van der Waals surface area (Å²) in [6.07, 6.45) is 2.20. The molecule has 2 amide bonds. The van der Waals surface area contributed by atoms with Crippen LogP contribution in [0.1, 0.15) is 30.0 Å². The molecule has 7 heteroatoms. The number of amides is 2. The minimum atomic E-state index is -3.56. The summed E-state index contributed by atoms with van der Waals surface area (Å²) >= 11 is 0. The highest BCUT2D eigenvalue weighted by atomic mass is 32.2. The Labute approximate surface area is 160 Å². The zero-order valence-corrected chi connectivity index (χ0v) is 16.4. The van der Waals surface area contributed by atoms with E-state index in [4.69, 9.17) is 0 Å². The lowest BCUT2D eigenvalue weighted by Crippen LogP contribution is -2.38. The van der Waals surface area contributed by atoms with Crippen LogP contribution in [0, 0.1) is 5.92 Å². The van der Waals surface area contributed by atoms with Crippen molar-refractivity contribution in [2.24, 2.45) is 5.92 Å². The summed E-state index contributed by atoms with van der Waals surface area (Å²) < 4.78 is 26.1. The summed E-state index contributed by atoms with van der Waals surface area (Å²) in [7, 11) is -0.578. The topological polar surface area (TPSA) is 78.5 Å². The molecule has 0 bridgehead atoms. The number of hydrogen-bond acceptors (Lipinski definition) is 3. The Morgan fingerprint density at radius 1 is 1.07 bits per heavy atom. The average molecular weight is 388 g/mol. The van der Waals surface area contributed by atoms with Crippen molar-refractivity contribution in [1.29, 1.82) is 0 Å². The maximum Gasteiger partial charge on any atom is 0.315 e. The van der Waals surface area contributed by atoms with Crippen molar-refractivity contribution in [3.63, 3.8) is 0 Å². The summed E-state index contributed by atoms with van der Waals surface area (Å²) in [6.45, 7) is 0.140. The van der Waals surface area contributed by atoms with E-state index in [0.717, 1.165) is 18.4 Å². The third-order valence-electron chi connectivity index (χ3n) is 4.71. The van der Waals surface area contributed by atoms with Gasteiger partial charge in [-0.05, 0) is 36.0 Å². The highest BCUT2D eigenvalue weighted by molar-refractivity contribution is 7.89. The molecule has 1 saturated carbocycles. The van der Waals surface area contributed by atoms with Crippen LogP contribution in [0.3, 0.4) is 0 Å². The number of nitrogens with zero attached hydrogens (tertiary/aromatic N) is 1. The number of carbonyl (C=O) groups excluding carboxylic acids is 1. The molecule has 1 aliphatic carbocycles. The van der Waals surface area contributed by atoms with Gasteiger partial charge in [-0.15, -0.1) is 0 Å². The van der Waals surface area contributed by atoms with Gasteiger partial charge in [-0.1, -0.05) is 48.5 Å². The average Bonchev–Trinajstić information content (AvgIpc) is 3.50. The van der Waals surface area contributed by atoms with Gasteiger partial charge in [0, 0.05) is 20.6 Å². The predicted octanol–water partition coefficient (Wildman–Crippen LogP) is 2.89. The van der Waals surface area contributed by atoms with Crippen molar-refractivity contribution in [1.82, 2.24) is 14.9 Å². The van der Waals surface area contributed by atoms with E-state index in [1.807, 2.05) is 30.3 Å². The number of hydrogen-bond donors (Lipinski definition) is 2. The molecule has 0 radical (unpaired) electrons. The molecular formula is C20H25N3O3S. The molecule has 2 N–H and O–H groups in total. The van der Waals surface area contributed by atoms with Crippen LogP contribution in [0.2, 0.25) is 0 Å². The van der Waals surface area contributed by atoms with Crippen LogP contribution in [0.15, 0.2) is 59.5 Å². The largest absolute Gasteiger partial charge is 0.334 e. The SMILES string of the molecule is CN(C)S(=O)(=O)c1ccccc1CNC(=O)N[C@@H](c1ccccc1)C1CC1. The van der Waals surface area contributed by atoms with Gasteiger partial charge in [-0.3, -0.25) is 0 Å². The maximum absolute atomic E-state index is 12.5. The highest BCUT2D eigenvalue weighted by Crippen LogP contribution is 2.40. The van der Waals surface area contributed by atoms with Gasteiger partial charge in [0.05, 0.1) is 10.9 Å². The third kappa shape index (κ3) is 4.67. The molecular weight excluding hydrogens is 362 g/mol. The Kier molecular flexibility index (Phi) is 5.82. The lowest BCUT2D eigenvalue weighted by molar-refractivity contribution is 0.235. The number of urea groups is 1. The van der Waals surface area contributed by atoms with Gasteiger partial charge < -0.3 is 10.6 Å². The monoisotopic (exact) mass is 387 g/mol. The second-order valence-electron chi connectivity index (χ2n) is 6.95. The van der Waals surface area contributed by atoms with E-state index in [-0.39, 0.29) is 23.5 Å². The molecule has 0 aliphatic heterocycles. The molecule has 27 heavy (non-hydrogen) atoms. The summed E-state index contributed by atoms with van der Waals surface area (Å²) in [4.78, 5) is 12.7. The molecule has 1 aliphatic rings. The minimum absolute atomic E-state index is 0.0213. The van der Waals surface area contributed by atoms with Crippen molar-refractivity contribution >= 4 is 16.1 Å². The lowest BCUT2D eigenvalue weighted by Gasteiger charge is -2.20. The first-order valence-corrected chi connectivity index (χ1v) is 10.4. The predicted molar refractivity (Wildman–Crippen MR) is 105 cm³/mol. The van der Waals surface area contributed by atoms with Crippen molar-refractivity contribution in [3.05, 3.63) is 65.7 Å². The van der Waals surface area contributed by atoms with Crippen LogP contribution in [-0.4, -0.2) is 32.8 Å². The van der Waals surface area contributed by atoms with E-state index >= 15 is 0 Å². The van der Waals surface area contributed by atoms with Gasteiger partial charge in [-0.2, -0.15) is 0 Å². The fraction of sp³-hybridized carbons (Fsp3) is 0.350. The molecule has 6 nitrogen and oxygen atoms in total. The molecule has 0 aromatic heterocycles. The molecule has 0 unspecified atom stereocenters. The van der Waals surface area contributed by atoms with E-state index in [2.05, 4.69) is 10.6 Å². The molecule has 2 aromatic rings. The van der Waals surface area contributed by atoms with Crippen LogP contribution in [0.25, 0.3) is 0 Å². The van der Waals surface area contributed by atoms with Crippen LogP contribution < -0.4 is 10.6 Å². The quantitative estimate of drug-likeness (QED) is 0.767. The maximum atomic E-state index is 12.5. The first-order valence-electron chi connectivity index (χ1n) is 8.99. The number of benzene rings is 2. The van der Waals surface area contributed by atoms with Gasteiger partial charge in [0.2, 0.25) is 10.0 Å². The molecule has 144 valence electrons. The Morgan fingerprint density at radius 2 is 1.70 bits per heavy atom. The normalized spacial score (nSPS) is 15.4. The lowest BCUT2D eigenvalue weighted by atomic mass is 10.0. The van der Waals surface area contributed by atoms with Gasteiger partial charge >= 0.3 is 6.03 Å². The molecule has 2 aromatic carbocycles. The molecule has 1 atom stereocenters. The molecule has 3 rings (SSSR count). The minimum Gasteiger partial charge on any atom is -0.334 e. The van der Waals surface area contributed by atoms with Gasteiger partial charge in [0.25, 0.3) is 0 Å². The van der Waals surface area contributed by atoms with Crippen molar-refractivity contribution in [2.45, 2.75) is 30.3 Å². The second-order valence-corrected chi connectivity index (χ2v) is 9.07. The van der Waals surface area contributed by atoms with Crippen LogP contribution in [0.5, 0.6) is 0 Å².